The van der Waals surface area contributed by atoms with E-state index in [1.54, 1.807) is 41.3 Å². The summed E-state index contributed by atoms with van der Waals surface area (Å²) in [7, 11) is 0. The maximum absolute atomic E-state index is 13.1. The van der Waals surface area contributed by atoms with Crippen molar-refractivity contribution in [2.45, 2.75) is 25.8 Å². The fourth-order valence-corrected chi connectivity index (χ4v) is 3.02. The maximum Gasteiger partial charge on any atom is 0.322 e. The van der Waals surface area contributed by atoms with Gasteiger partial charge in [-0.2, -0.15) is 0 Å². The molecule has 0 radical (unpaired) electrons. The molecular weight excluding hydrogens is 307 g/mol. The zero-order valence-electron chi connectivity index (χ0n) is 13.5. The van der Waals surface area contributed by atoms with E-state index in [0.717, 1.165) is 18.4 Å². The van der Waals surface area contributed by atoms with Crippen LogP contribution >= 0.6 is 0 Å². The SMILES string of the molecule is CC(=O)c1ccc(NC(=O)N2CCCC2c2ccc(F)cc2)cc1. The highest BCUT2D eigenvalue weighted by Crippen LogP contribution is 2.32. The summed E-state index contributed by atoms with van der Waals surface area (Å²) < 4.78 is 13.1. The first-order chi connectivity index (χ1) is 11.5. The smallest absolute Gasteiger partial charge is 0.317 e. The van der Waals surface area contributed by atoms with Crippen LogP contribution in [0, 0.1) is 5.82 Å². The number of rotatable bonds is 3. The van der Waals surface area contributed by atoms with Crippen LogP contribution in [0.1, 0.15) is 41.7 Å². The molecule has 1 aliphatic rings. The number of nitrogens with one attached hydrogen (secondary N) is 1. The van der Waals surface area contributed by atoms with Crippen molar-refractivity contribution >= 4 is 17.5 Å². The first kappa shape index (κ1) is 16.2. The molecular formula is C19H19FN2O2. The van der Waals surface area contributed by atoms with Crippen molar-refractivity contribution in [1.82, 2.24) is 4.90 Å². The fourth-order valence-electron chi connectivity index (χ4n) is 3.02. The number of carbonyl (C=O) groups excluding carboxylic acids is 2. The summed E-state index contributed by atoms with van der Waals surface area (Å²) in [6.45, 7) is 2.17. The quantitative estimate of drug-likeness (QED) is 0.850. The summed E-state index contributed by atoms with van der Waals surface area (Å²) in [5, 5.41) is 2.86. The molecule has 1 aliphatic heterocycles. The van der Waals surface area contributed by atoms with E-state index in [0.29, 0.717) is 17.8 Å². The second kappa shape index (κ2) is 6.83. The Morgan fingerprint density at radius 3 is 2.38 bits per heavy atom. The molecule has 1 unspecified atom stereocenters. The van der Waals surface area contributed by atoms with Gasteiger partial charge in [-0.05, 0) is 61.7 Å². The Morgan fingerprint density at radius 2 is 1.75 bits per heavy atom. The van der Waals surface area contributed by atoms with Crippen molar-refractivity contribution in [2.24, 2.45) is 0 Å². The summed E-state index contributed by atoms with van der Waals surface area (Å²) in [5.41, 5.74) is 2.20. The van der Waals surface area contributed by atoms with Crippen LogP contribution in [0.15, 0.2) is 48.5 Å². The van der Waals surface area contributed by atoms with Gasteiger partial charge < -0.3 is 10.2 Å². The van der Waals surface area contributed by atoms with Gasteiger partial charge in [0.15, 0.2) is 5.78 Å². The van der Waals surface area contributed by atoms with E-state index in [1.807, 2.05) is 0 Å². The predicted octanol–water partition coefficient (Wildman–Crippen LogP) is 4.40. The van der Waals surface area contributed by atoms with Crippen molar-refractivity contribution < 1.29 is 14.0 Å². The molecule has 2 amide bonds. The summed E-state index contributed by atoms with van der Waals surface area (Å²) in [6, 6.07) is 12.9. The molecule has 1 heterocycles. The molecule has 124 valence electrons. The van der Waals surface area contributed by atoms with Crippen molar-refractivity contribution in [2.75, 3.05) is 11.9 Å². The molecule has 2 aromatic carbocycles. The Morgan fingerprint density at radius 1 is 1.08 bits per heavy atom. The van der Waals surface area contributed by atoms with Gasteiger partial charge in [-0.3, -0.25) is 4.79 Å². The van der Waals surface area contributed by atoms with E-state index in [4.69, 9.17) is 0 Å². The first-order valence-corrected chi connectivity index (χ1v) is 7.98. The minimum Gasteiger partial charge on any atom is -0.317 e. The van der Waals surface area contributed by atoms with E-state index in [-0.39, 0.29) is 23.7 Å². The average molecular weight is 326 g/mol. The molecule has 0 bridgehead atoms. The highest BCUT2D eigenvalue weighted by molar-refractivity contribution is 5.95. The third-order valence-electron chi connectivity index (χ3n) is 4.31. The van der Waals surface area contributed by atoms with Gasteiger partial charge in [0.1, 0.15) is 5.82 Å². The van der Waals surface area contributed by atoms with Crippen molar-refractivity contribution in [1.29, 1.82) is 0 Å². The summed E-state index contributed by atoms with van der Waals surface area (Å²) in [5.74, 6) is -0.290. The first-order valence-electron chi connectivity index (χ1n) is 7.98. The molecule has 0 aliphatic carbocycles. The van der Waals surface area contributed by atoms with Gasteiger partial charge in [-0.15, -0.1) is 0 Å². The van der Waals surface area contributed by atoms with Gasteiger partial charge in [0.25, 0.3) is 0 Å². The van der Waals surface area contributed by atoms with Gasteiger partial charge in [-0.1, -0.05) is 12.1 Å². The Bertz CT molecular complexity index is 741. The average Bonchev–Trinajstić information content (AvgIpc) is 3.06. The van der Waals surface area contributed by atoms with E-state index >= 15 is 0 Å². The number of Topliss-reactive ketones (excluding diaryl/α,β-unsaturated/α-hetero) is 1. The van der Waals surface area contributed by atoms with Crippen LogP contribution in [-0.2, 0) is 0 Å². The highest BCUT2D eigenvalue weighted by atomic mass is 19.1. The lowest BCUT2D eigenvalue weighted by molar-refractivity contribution is 0.101. The number of urea groups is 1. The number of hydrogen-bond acceptors (Lipinski definition) is 2. The van der Waals surface area contributed by atoms with Crippen molar-refractivity contribution in [3.05, 3.63) is 65.5 Å². The van der Waals surface area contributed by atoms with Gasteiger partial charge in [0.2, 0.25) is 0 Å². The molecule has 1 fully saturated rings. The largest absolute Gasteiger partial charge is 0.322 e. The summed E-state index contributed by atoms with van der Waals surface area (Å²) in [4.78, 5) is 25.6. The van der Waals surface area contributed by atoms with E-state index < -0.39 is 0 Å². The molecule has 3 rings (SSSR count). The molecule has 0 spiro atoms. The molecule has 0 saturated carbocycles. The van der Waals surface area contributed by atoms with Gasteiger partial charge >= 0.3 is 6.03 Å². The maximum atomic E-state index is 13.1. The minimum atomic E-state index is -0.279. The molecule has 1 atom stereocenters. The second-order valence-electron chi connectivity index (χ2n) is 5.97. The van der Waals surface area contributed by atoms with Crippen molar-refractivity contribution in [3.63, 3.8) is 0 Å². The molecule has 2 aromatic rings. The molecule has 1 saturated heterocycles. The Labute approximate surface area is 140 Å². The lowest BCUT2D eigenvalue weighted by Crippen LogP contribution is -2.34. The number of carbonyl (C=O) groups is 2. The molecule has 24 heavy (non-hydrogen) atoms. The second-order valence-corrected chi connectivity index (χ2v) is 5.97. The number of amides is 2. The normalized spacial score (nSPS) is 16.9. The topological polar surface area (TPSA) is 49.4 Å². The summed E-state index contributed by atoms with van der Waals surface area (Å²) in [6.07, 6.45) is 1.78. The number of benzene rings is 2. The number of anilines is 1. The standard InChI is InChI=1S/C19H19FN2O2/c1-13(23)14-6-10-17(11-7-14)21-19(24)22-12-2-3-18(22)15-4-8-16(20)9-5-15/h4-11,18H,2-3,12H2,1H3,(H,21,24). The zero-order valence-corrected chi connectivity index (χ0v) is 13.5. The molecule has 1 N–H and O–H groups in total. The highest BCUT2D eigenvalue weighted by Gasteiger charge is 2.30. The lowest BCUT2D eigenvalue weighted by Gasteiger charge is -2.25. The zero-order chi connectivity index (χ0) is 17.1. The Balaban J connectivity index is 1.71. The van der Waals surface area contributed by atoms with Crippen LogP contribution in [0.3, 0.4) is 0 Å². The number of ketones is 1. The van der Waals surface area contributed by atoms with Crippen LogP contribution < -0.4 is 5.32 Å². The predicted molar refractivity (Wildman–Crippen MR) is 90.5 cm³/mol. The number of hydrogen-bond donors (Lipinski definition) is 1. The van der Waals surface area contributed by atoms with Gasteiger partial charge in [0.05, 0.1) is 6.04 Å². The minimum absolute atomic E-state index is 0.0104. The number of halogens is 1. The van der Waals surface area contributed by atoms with Crippen LogP contribution in [0.4, 0.5) is 14.9 Å². The van der Waals surface area contributed by atoms with Crippen LogP contribution in [0.2, 0.25) is 0 Å². The van der Waals surface area contributed by atoms with Crippen LogP contribution in [-0.4, -0.2) is 23.3 Å². The van der Waals surface area contributed by atoms with Crippen LogP contribution in [0.25, 0.3) is 0 Å². The Kier molecular flexibility index (Phi) is 4.60. The van der Waals surface area contributed by atoms with E-state index in [9.17, 15) is 14.0 Å². The lowest BCUT2D eigenvalue weighted by atomic mass is 10.0. The monoisotopic (exact) mass is 326 g/mol. The summed E-state index contributed by atoms with van der Waals surface area (Å²) >= 11 is 0. The molecule has 5 heteroatoms. The fraction of sp³-hybridized carbons (Fsp3) is 0.263. The molecule has 0 aromatic heterocycles. The molecule has 4 nitrogen and oxygen atoms in total. The van der Waals surface area contributed by atoms with E-state index in [2.05, 4.69) is 5.32 Å². The van der Waals surface area contributed by atoms with Crippen molar-refractivity contribution in [3.8, 4) is 0 Å². The number of nitrogens with zero attached hydrogens (tertiary/aromatic N) is 1. The van der Waals surface area contributed by atoms with Gasteiger partial charge in [-0.25, -0.2) is 9.18 Å². The van der Waals surface area contributed by atoms with E-state index in [1.165, 1.54) is 19.1 Å². The third-order valence-corrected chi connectivity index (χ3v) is 4.31. The third kappa shape index (κ3) is 3.45. The number of likely N-dealkylation sites (tertiary alicyclic amines) is 1. The van der Waals surface area contributed by atoms with Crippen LogP contribution in [0.5, 0.6) is 0 Å². The Hall–Kier alpha value is -2.69. The van der Waals surface area contributed by atoms with Gasteiger partial charge in [0, 0.05) is 17.8 Å².